The van der Waals surface area contributed by atoms with Crippen molar-refractivity contribution >= 4 is 44.5 Å². The Kier molecular flexibility index (Phi) is 6.15. The van der Waals surface area contributed by atoms with Crippen molar-refractivity contribution in [3.63, 3.8) is 0 Å². The Bertz CT molecular complexity index is 1470. The topological polar surface area (TPSA) is 153 Å². The number of rotatable bonds is 8. The van der Waals surface area contributed by atoms with E-state index in [-0.39, 0.29) is 27.7 Å². The number of carboxylic acid groups (broad SMARTS) is 1. The van der Waals surface area contributed by atoms with Crippen molar-refractivity contribution in [2.75, 3.05) is 24.3 Å². The Morgan fingerprint density at radius 1 is 0.941 bits per heavy atom. The molecule has 0 aliphatic carbocycles. The monoisotopic (exact) mass is 481 g/mol. The summed E-state index contributed by atoms with van der Waals surface area (Å²) in [4.78, 5) is 24.0. The molecule has 2 aromatic heterocycles. The van der Waals surface area contributed by atoms with E-state index in [1.54, 1.807) is 30.3 Å². The third kappa shape index (κ3) is 4.81. The molecule has 0 aliphatic heterocycles. The molecule has 0 saturated carbocycles. The average molecular weight is 481 g/mol. The molecule has 174 valence electrons. The molecule has 0 atom stereocenters. The minimum Gasteiger partial charge on any atom is -0.497 e. The van der Waals surface area contributed by atoms with Crippen LogP contribution in [-0.4, -0.2) is 48.7 Å². The molecule has 0 fully saturated rings. The number of benzene rings is 2. The molecule has 34 heavy (non-hydrogen) atoms. The van der Waals surface area contributed by atoms with Crippen molar-refractivity contribution < 1.29 is 27.8 Å². The first-order chi connectivity index (χ1) is 16.3. The summed E-state index contributed by atoms with van der Waals surface area (Å²) in [5, 5.41) is 12.2. The minimum absolute atomic E-state index is 0.0690. The number of pyridine rings is 1. The summed E-state index contributed by atoms with van der Waals surface area (Å²) in [5.41, 5.74) is 0.969. The van der Waals surface area contributed by atoms with Gasteiger partial charge in [-0.2, -0.15) is 0 Å². The number of sulfonamides is 1. The van der Waals surface area contributed by atoms with Gasteiger partial charge in [-0.15, -0.1) is 0 Å². The van der Waals surface area contributed by atoms with Crippen molar-refractivity contribution in [2.45, 2.75) is 4.90 Å². The van der Waals surface area contributed by atoms with E-state index in [0.717, 1.165) is 6.07 Å². The number of nitrogens with zero attached hydrogens (tertiary/aromatic N) is 3. The van der Waals surface area contributed by atoms with Crippen LogP contribution >= 0.6 is 0 Å². The van der Waals surface area contributed by atoms with Crippen LogP contribution in [0.4, 0.5) is 17.3 Å². The molecular formula is C22H19N5O6S. The summed E-state index contributed by atoms with van der Waals surface area (Å²) in [7, 11) is -1.20. The maximum Gasteiger partial charge on any atom is 0.335 e. The number of ether oxygens (including phenoxy) is 2. The maximum atomic E-state index is 13.1. The zero-order valence-corrected chi connectivity index (χ0v) is 18.8. The highest BCUT2D eigenvalue weighted by molar-refractivity contribution is 7.92. The Balaban J connectivity index is 1.79. The third-order valence-corrected chi connectivity index (χ3v) is 6.01. The van der Waals surface area contributed by atoms with E-state index in [9.17, 15) is 18.3 Å². The molecule has 0 aliphatic rings. The average Bonchev–Trinajstić information content (AvgIpc) is 2.84. The second kappa shape index (κ2) is 9.19. The molecular weight excluding hydrogens is 462 g/mol. The first-order valence-corrected chi connectivity index (χ1v) is 11.3. The fraction of sp³-hybridized carbons (Fsp3) is 0.0909. The van der Waals surface area contributed by atoms with Crippen molar-refractivity contribution in [2.24, 2.45) is 0 Å². The summed E-state index contributed by atoms with van der Waals surface area (Å²) >= 11 is 0. The Morgan fingerprint density at radius 2 is 1.68 bits per heavy atom. The molecule has 4 aromatic rings. The van der Waals surface area contributed by atoms with Gasteiger partial charge in [0, 0.05) is 30.1 Å². The molecule has 0 unspecified atom stereocenters. The molecule has 2 heterocycles. The number of carbonyl (C=O) groups is 1. The van der Waals surface area contributed by atoms with E-state index in [0.29, 0.717) is 22.7 Å². The molecule has 0 radical (unpaired) electrons. The van der Waals surface area contributed by atoms with E-state index < -0.39 is 16.0 Å². The van der Waals surface area contributed by atoms with E-state index in [2.05, 4.69) is 25.0 Å². The predicted octanol–water partition coefficient (Wildman–Crippen LogP) is 3.28. The number of methoxy groups -OCH3 is 2. The van der Waals surface area contributed by atoms with Crippen LogP contribution in [0, 0.1) is 0 Å². The van der Waals surface area contributed by atoms with E-state index in [1.165, 1.54) is 38.6 Å². The molecule has 4 rings (SSSR count). The number of fused-ring (bicyclic) bond motifs is 1. The highest BCUT2D eigenvalue weighted by Crippen LogP contribution is 2.31. The van der Waals surface area contributed by atoms with Crippen LogP contribution in [0.15, 0.2) is 65.7 Å². The van der Waals surface area contributed by atoms with E-state index in [4.69, 9.17) is 9.47 Å². The summed E-state index contributed by atoms with van der Waals surface area (Å²) in [5.74, 6) is -0.284. The SMILES string of the molecule is COc1cc(Nc2nc3ncccc3nc2NS(=O)(=O)c2cccc(C(=O)O)c2)cc(OC)c1. The predicted molar refractivity (Wildman–Crippen MR) is 124 cm³/mol. The number of aromatic nitrogens is 3. The van der Waals surface area contributed by atoms with E-state index >= 15 is 0 Å². The van der Waals surface area contributed by atoms with Gasteiger partial charge < -0.3 is 19.9 Å². The van der Waals surface area contributed by atoms with Gasteiger partial charge in [-0.05, 0) is 30.3 Å². The van der Waals surface area contributed by atoms with E-state index in [1.807, 2.05) is 0 Å². The van der Waals surface area contributed by atoms with Crippen LogP contribution < -0.4 is 19.5 Å². The number of carboxylic acids is 1. The zero-order valence-electron chi connectivity index (χ0n) is 18.0. The standard InChI is InChI=1S/C22H19N5O6S/c1-32-15-10-14(11-16(12-15)33-2)24-20-21(25-18-7-4-8-23-19(18)26-20)27-34(30,31)17-6-3-5-13(9-17)22(28)29/h3-12H,1-2H3,(H,25,27)(H,28,29)(H,23,24,26). The number of hydrogen-bond donors (Lipinski definition) is 3. The Hall–Kier alpha value is -4.45. The smallest absolute Gasteiger partial charge is 0.335 e. The lowest BCUT2D eigenvalue weighted by Crippen LogP contribution is -2.16. The first-order valence-electron chi connectivity index (χ1n) is 9.78. The summed E-state index contributed by atoms with van der Waals surface area (Å²) in [6.07, 6.45) is 1.54. The molecule has 0 saturated heterocycles. The molecule has 3 N–H and O–H groups in total. The highest BCUT2D eigenvalue weighted by atomic mass is 32.2. The molecule has 11 nitrogen and oxygen atoms in total. The lowest BCUT2D eigenvalue weighted by Gasteiger charge is -2.15. The molecule has 12 heteroatoms. The molecule has 0 spiro atoms. The van der Waals surface area contributed by atoms with Gasteiger partial charge in [-0.25, -0.2) is 28.2 Å². The van der Waals surface area contributed by atoms with Crippen LogP contribution in [0.2, 0.25) is 0 Å². The van der Waals surface area contributed by atoms with Crippen LogP contribution in [0.25, 0.3) is 11.2 Å². The Morgan fingerprint density at radius 3 is 2.35 bits per heavy atom. The van der Waals surface area contributed by atoms with Gasteiger partial charge in [-0.1, -0.05) is 6.07 Å². The van der Waals surface area contributed by atoms with Crippen molar-refractivity contribution in [3.8, 4) is 11.5 Å². The lowest BCUT2D eigenvalue weighted by molar-refractivity contribution is 0.0696. The first kappa shape index (κ1) is 22.7. The van der Waals surface area contributed by atoms with Gasteiger partial charge in [0.15, 0.2) is 17.3 Å². The largest absolute Gasteiger partial charge is 0.497 e. The third-order valence-electron chi connectivity index (χ3n) is 4.68. The fourth-order valence-corrected chi connectivity index (χ4v) is 4.11. The highest BCUT2D eigenvalue weighted by Gasteiger charge is 2.21. The summed E-state index contributed by atoms with van der Waals surface area (Å²) in [6, 6.07) is 13.3. The number of hydrogen-bond acceptors (Lipinski definition) is 9. The molecule has 0 amide bonds. The van der Waals surface area contributed by atoms with Gasteiger partial charge >= 0.3 is 5.97 Å². The van der Waals surface area contributed by atoms with Crippen LogP contribution in [0.3, 0.4) is 0 Å². The lowest BCUT2D eigenvalue weighted by atomic mass is 10.2. The fourth-order valence-electron chi connectivity index (χ4n) is 3.05. The maximum absolute atomic E-state index is 13.1. The van der Waals surface area contributed by atoms with Gasteiger partial charge in [0.1, 0.15) is 17.0 Å². The van der Waals surface area contributed by atoms with Crippen LogP contribution in [0.5, 0.6) is 11.5 Å². The second-order valence-corrected chi connectivity index (χ2v) is 8.61. The van der Waals surface area contributed by atoms with Gasteiger partial charge in [0.05, 0.1) is 24.7 Å². The number of anilines is 3. The molecule has 2 aromatic carbocycles. The van der Waals surface area contributed by atoms with Crippen molar-refractivity contribution in [1.82, 2.24) is 15.0 Å². The molecule has 0 bridgehead atoms. The number of aromatic carboxylic acids is 1. The number of nitrogens with one attached hydrogen (secondary N) is 2. The van der Waals surface area contributed by atoms with Crippen LogP contribution in [0.1, 0.15) is 10.4 Å². The van der Waals surface area contributed by atoms with Crippen LogP contribution in [-0.2, 0) is 10.0 Å². The van der Waals surface area contributed by atoms with Gasteiger partial charge in [0.2, 0.25) is 0 Å². The minimum atomic E-state index is -4.20. The van der Waals surface area contributed by atoms with Gasteiger partial charge in [0.25, 0.3) is 10.0 Å². The normalized spacial score (nSPS) is 11.1. The summed E-state index contributed by atoms with van der Waals surface area (Å²) in [6.45, 7) is 0. The van der Waals surface area contributed by atoms with Crippen molar-refractivity contribution in [3.05, 3.63) is 66.4 Å². The summed E-state index contributed by atoms with van der Waals surface area (Å²) < 4.78 is 39.1. The van der Waals surface area contributed by atoms with Gasteiger partial charge in [-0.3, -0.25) is 4.72 Å². The second-order valence-electron chi connectivity index (χ2n) is 6.93. The quantitative estimate of drug-likeness (QED) is 0.342. The Labute approximate surface area is 194 Å². The van der Waals surface area contributed by atoms with Crippen molar-refractivity contribution in [1.29, 1.82) is 0 Å². The zero-order chi connectivity index (χ0) is 24.3.